The van der Waals surface area contributed by atoms with Gasteiger partial charge in [-0.1, -0.05) is 6.07 Å². The molecule has 0 unspecified atom stereocenters. The molecule has 0 saturated heterocycles. The average Bonchev–Trinajstić information content (AvgIpc) is 3.54. The molecule has 0 atom stereocenters. The fourth-order valence-corrected chi connectivity index (χ4v) is 3.98. The molecule has 5 rings (SSSR count). The van der Waals surface area contributed by atoms with Crippen LogP contribution in [-0.2, 0) is 13.6 Å². The molecule has 36 heavy (non-hydrogen) atoms. The lowest BCUT2D eigenvalue weighted by Gasteiger charge is -2.10. The number of anilines is 1. The second kappa shape index (κ2) is 9.53. The van der Waals surface area contributed by atoms with Crippen molar-refractivity contribution in [1.29, 1.82) is 0 Å². The lowest BCUT2D eigenvalue weighted by atomic mass is 10.2. The van der Waals surface area contributed by atoms with Crippen molar-refractivity contribution in [3.63, 3.8) is 0 Å². The maximum absolute atomic E-state index is 12.8. The van der Waals surface area contributed by atoms with Gasteiger partial charge in [0.1, 0.15) is 23.0 Å². The summed E-state index contributed by atoms with van der Waals surface area (Å²) >= 11 is 0. The summed E-state index contributed by atoms with van der Waals surface area (Å²) in [6, 6.07) is 14.8. The van der Waals surface area contributed by atoms with E-state index in [0.29, 0.717) is 29.4 Å². The summed E-state index contributed by atoms with van der Waals surface area (Å²) in [5.41, 5.74) is 4.53. The van der Waals surface area contributed by atoms with Crippen molar-refractivity contribution in [1.82, 2.24) is 29.5 Å². The van der Waals surface area contributed by atoms with Crippen molar-refractivity contribution in [3.05, 3.63) is 83.3 Å². The van der Waals surface area contributed by atoms with E-state index in [1.165, 1.54) is 0 Å². The minimum Gasteiger partial charge on any atom is -0.457 e. The molecule has 0 fully saturated rings. The van der Waals surface area contributed by atoms with Crippen molar-refractivity contribution < 1.29 is 9.53 Å². The smallest absolute Gasteiger partial charge is 0.273 e. The van der Waals surface area contributed by atoms with E-state index in [1.807, 2.05) is 87.1 Å². The van der Waals surface area contributed by atoms with Crippen molar-refractivity contribution in [2.75, 3.05) is 5.32 Å². The molecule has 182 valence electrons. The van der Waals surface area contributed by atoms with E-state index < -0.39 is 0 Å². The van der Waals surface area contributed by atoms with Gasteiger partial charge in [0.25, 0.3) is 5.91 Å². The maximum Gasteiger partial charge on any atom is 0.273 e. The molecule has 1 amide bonds. The number of H-pyrrole nitrogens is 1. The van der Waals surface area contributed by atoms with E-state index in [2.05, 4.69) is 25.6 Å². The third-order valence-corrected chi connectivity index (χ3v) is 5.86. The Balaban J connectivity index is 1.30. The van der Waals surface area contributed by atoms with Gasteiger partial charge in [0.15, 0.2) is 0 Å². The number of rotatable bonds is 7. The third-order valence-electron chi connectivity index (χ3n) is 5.86. The van der Waals surface area contributed by atoms with Crippen LogP contribution >= 0.6 is 0 Å². The summed E-state index contributed by atoms with van der Waals surface area (Å²) in [5, 5.41) is 15.7. The molecule has 3 heterocycles. The van der Waals surface area contributed by atoms with Crippen LogP contribution in [0.1, 0.15) is 40.3 Å². The number of benzene rings is 2. The summed E-state index contributed by atoms with van der Waals surface area (Å²) in [6.45, 7) is 6.41. The van der Waals surface area contributed by atoms with E-state index in [4.69, 9.17) is 4.74 Å². The quantitative estimate of drug-likeness (QED) is 0.326. The van der Waals surface area contributed by atoms with Gasteiger partial charge in [-0.25, -0.2) is 4.98 Å². The molecule has 3 aromatic heterocycles. The zero-order valence-electron chi connectivity index (χ0n) is 20.6. The van der Waals surface area contributed by atoms with Crippen LogP contribution in [0, 0.1) is 13.8 Å². The number of imidazole rings is 1. The highest BCUT2D eigenvalue weighted by Crippen LogP contribution is 2.28. The van der Waals surface area contributed by atoms with E-state index in [1.54, 1.807) is 16.8 Å². The second-order valence-corrected chi connectivity index (χ2v) is 8.54. The van der Waals surface area contributed by atoms with Crippen LogP contribution in [-0.4, -0.2) is 35.4 Å². The molecule has 2 aromatic carbocycles. The normalized spacial score (nSPS) is 11.4. The van der Waals surface area contributed by atoms with Crippen LogP contribution < -0.4 is 10.1 Å². The van der Waals surface area contributed by atoms with Gasteiger partial charge in [-0.2, -0.15) is 10.2 Å². The largest absolute Gasteiger partial charge is 0.457 e. The maximum atomic E-state index is 12.8. The zero-order valence-corrected chi connectivity index (χ0v) is 20.6. The Morgan fingerprint density at radius 2 is 1.94 bits per heavy atom. The molecule has 9 heteroatoms. The van der Waals surface area contributed by atoms with E-state index >= 15 is 0 Å². The van der Waals surface area contributed by atoms with Gasteiger partial charge >= 0.3 is 0 Å². The topological polar surface area (TPSA) is 103 Å². The Labute approximate surface area is 208 Å². The first kappa shape index (κ1) is 23.1. The van der Waals surface area contributed by atoms with Crippen LogP contribution in [0.25, 0.3) is 23.1 Å². The highest BCUT2D eigenvalue weighted by Gasteiger charge is 2.14. The Hall–Kier alpha value is -4.66. The highest BCUT2D eigenvalue weighted by molar-refractivity contribution is 6.03. The van der Waals surface area contributed by atoms with Gasteiger partial charge in [-0.05, 0) is 63.3 Å². The first-order valence-electron chi connectivity index (χ1n) is 11.7. The lowest BCUT2D eigenvalue weighted by Crippen LogP contribution is -2.17. The zero-order chi connectivity index (χ0) is 25.2. The van der Waals surface area contributed by atoms with Crippen LogP contribution in [0.5, 0.6) is 11.5 Å². The van der Waals surface area contributed by atoms with Crippen LogP contribution in [0.4, 0.5) is 5.69 Å². The fourth-order valence-electron chi connectivity index (χ4n) is 3.98. The van der Waals surface area contributed by atoms with Gasteiger partial charge in [-0.15, -0.1) is 0 Å². The van der Waals surface area contributed by atoms with Gasteiger partial charge in [0.05, 0.1) is 22.6 Å². The van der Waals surface area contributed by atoms with Gasteiger partial charge in [0, 0.05) is 43.0 Å². The molecule has 5 aromatic rings. The lowest BCUT2D eigenvalue weighted by molar-refractivity contribution is 0.101. The second-order valence-electron chi connectivity index (χ2n) is 8.54. The number of ether oxygens (including phenoxy) is 1. The first-order valence-corrected chi connectivity index (χ1v) is 11.7. The predicted molar refractivity (Wildman–Crippen MR) is 140 cm³/mol. The molecule has 0 spiro atoms. The number of fused-ring (bicyclic) bond motifs is 1. The van der Waals surface area contributed by atoms with Crippen molar-refractivity contribution in [3.8, 4) is 11.5 Å². The Morgan fingerprint density at radius 1 is 1.11 bits per heavy atom. The molecular formula is C27H27N7O2. The number of aromatic nitrogens is 6. The number of carbonyl (C=O) groups excluding carboxylic acids is 1. The molecule has 9 nitrogen and oxygen atoms in total. The number of hydrogen-bond acceptors (Lipinski definition) is 5. The van der Waals surface area contributed by atoms with Crippen molar-refractivity contribution >= 4 is 34.6 Å². The number of hydrogen-bond donors (Lipinski definition) is 2. The summed E-state index contributed by atoms with van der Waals surface area (Å²) in [7, 11) is 1.97. The predicted octanol–water partition coefficient (Wildman–Crippen LogP) is 5.34. The molecule has 0 aliphatic rings. The molecule has 0 bridgehead atoms. The van der Waals surface area contributed by atoms with Crippen LogP contribution in [0.15, 0.2) is 54.7 Å². The molecule has 0 radical (unpaired) electrons. The fraction of sp³-hybridized carbons (Fsp3) is 0.185. The minimum atomic E-state index is -0.213. The molecule has 2 N–H and O–H groups in total. The number of nitrogens with zero attached hydrogens (tertiary/aromatic N) is 5. The first-order chi connectivity index (χ1) is 17.4. The van der Waals surface area contributed by atoms with Crippen LogP contribution in [0.2, 0.25) is 0 Å². The number of aromatic amines is 1. The van der Waals surface area contributed by atoms with Gasteiger partial charge < -0.3 is 14.6 Å². The molecule has 0 aliphatic heterocycles. The number of aryl methyl sites for hydroxylation is 4. The Bertz CT molecular complexity index is 1570. The Morgan fingerprint density at radius 3 is 2.72 bits per heavy atom. The minimum absolute atomic E-state index is 0.213. The van der Waals surface area contributed by atoms with E-state index in [-0.39, 0.29) is 5.91 Å². The highest BCUT2D eigenvalue weighted by atomic mass is 16.5. The monoisotopic (exact) mass is 481 g/mol. The SMILES string of the molecule is CCn1nc(C)cc1C(=O)Nc1cccc(Oc2ccc3c(/C=C/c4cn(C)c(C)n4)n[nH]c3c2)c1. The number of amides is 1. The van der Waals surface area contributed by atoms with Crippen molar-refractivity contribution in [2.24, 2.45) is 7.05 Å². The number of carbonyl (C=O) groups is 1. The summed E-state index contributed by atoms with van der Waals surface area (Å²) in [6.07, 6.45) is 5.86. The summed E-state index contributed by atoms with van der Waals surface area (Å²) in [4.78, 5) is 17.2. The summed E-state index contributed by atoms with van der Waals surface area (Å²) in [5.74, 6) is 2.01. The Kier molecular flexibility index (Phi) is 6.12. The number of nitrogens with one attached hydrogen (secondary N) is 2. The standard InChI is InChI=1S/C27H27N7O2/c1-5-34-26(13-17(2)32-34)27(35)29-19-7-6-8-21(14-19)36-22-10-11-23-24(30-31-25(23)15-22)12-9-20-16-33(4)18(3)28-20/h6-16H,5H2,1-4H3,(H,29,35)(H,30,31)/b12-9+. The third kappa shape index (κ3) is 4.76. The van der Waals surface area contributed by atoms with E-state index in [9.17, 15) is 4.79 Å². The van der Waals surface area contributed by atoms with Crippen molar-refractivity contribution in [2.45, 2.75) is 27.3 Å². The summed E-state index contributed by atoms with van der Waals surface area (Å²) < 4.78 is 9.74. The molecular weight excluding hydrogens is 454 g/mol. The van der Waals surface area contributed by atoms with E-state index in [0.717, 1.165) is 33.8 Å². The van der Waals surface area contributed by atoms with Gasteiger partial charge in [-0.3, -0.25) is 14.6 Å². The van der Waals surface area contributed by atoms with Crippen LogP contribution in [0.3, 0.4) is 0 Å². The average molecular weight is 482 g/mol. The molecule has 0 aliphatic carbocycles. The molecule has 0 saturated carbocycles. The van der Waals surface area contributed by atoms with Gasteiger partial charge in [0.2, 0.25) is 0 Å².